The van der Waals surface area contributed by atoms with Crippen molar-refractivity contribution in [3.8, 4) is 0 Å². The zero-order chi connectivity index (χ0) is 12.3. The summed E-state index contributed by atoms with van der Waals surface area (Å²) in [6.07, 6.45) is 4.07. The molecule has 1 aliphatic heterocycles. The highest BCUT2D eigenvalue weighted by molar-refractivity contribution is 6.18. The number of hydrogen-bond donors (Lipinski definition) is 0. The first-order valence-electron chi connectivity index (χ1n) is 6.37. The van der Waals surface area contributed by atoms with Gasteiger partial charge in [0.25, 0.3) is 0 Å². The summed E-state index contributed by atoms with van der Waals surface area (Å²) in [6, 6.07) is 0.382. The lowest BCUT2D eigenvalue weighted by atomic mass is 9.99. The summed E-state index contributed by atoms with van der Waals surface area (Å²) in [5, 5.41) is 4.27. The van der Waals surface area contributed by atoms with E-state index in [2.05, 4.69) is 28.8 Å². The minimum atomic E-state index is 0.382. The fourth-order valence-corrected chi connectivity index (χ4v) is 2.63. The van der Waals surface area contributed by atoms with E-state index in [4.69, 9.17) is 11.6 Å². The normalized spacial score (nSPS) is 19.1. The second-order valence-electron chi connectivity index (χ2n) is 5.09. The molecule has 0 spiro atoms. The van der Waals surface area contributed by atoms with Crippen molar-refractivity contribution >= 4 is 11.6 Å². The van der Waals surface area contributed by atoms with Gasteiger partial charge in [-0.25, -0.2) is 9.67 Å². The van der Waals surface area contributed by atoms with Crippen molar-refractivity contribution in [1.82, 2.24) is 19.7 Å². The van der Waals surface area contributed by atoms with E-state index in [1.165, 1.54) is 12.8 Å². The van der Waals surface area contributed by atoms with E-state index in [9.17, 15) is 0 Å². The number of alkyl halides is 1. The van der Waals surface area contributed by atoms with Gasteiger partial charge in [0, 0.05) is 11.9 Å². The highest BCUT2D eigenvalue weighted by atomic mass is 35.5. The quantitative estimate of drug-likeness (QED) is 0.776. The van der Waals surface area contributed by atoms with Gasteiger partial charge in [-0.15, -0.1) is 11.6 Å². The molecule has 0 aromatic carbocycles. The molecular weight excluding hydrogens is 236 g/mol. The maximum absolute atomic E-state index is 5.89. The summed E-state index contributed by atoms with van der Waals surface area (Å²) in [7, 11) is 0. The van der Waals surface area contributed by atoms with Gasteiger partial charge in [0.05, 0.1) is 6.54 Å². The van der Waals surface area contributed by atoms with Crippen LogP contribution in [0.5, 0.6) is 0 Å². The monoisotopic (exact) mass is 256 g/mol. The molecule has 0 N–H and O–H groups in total. The van der Waals surface area contributed by atoms with E-state index in [0.29, 0.717) is 12.0 Å². The van der Waals surface area contributed by atoms with E-state index >= 15 is 0 Å². The van der Waals surface area contributed by atoms with Crippen LogP contribution in [0.3, 0.4) is 0 Å². The maximum atomic E-state index is 5.89. The molecule has 1 fully saturated rings. The summed E-state index contributed by atoms with van der Waals surface area (Å²) < 4.78 is 2.01. The number of halogens is 1. The highest BCUT2D eigenvalue weighted by Gasteiger charge is 2.20. The molecule has 0 atom stereocenters. The Kier molecular flexibility index (Phi) is 4.40. The number of piperidine rings is 1. The van der Waals surface area contributed by atoms with E-state index in [1.807, 2.05) is 4.68 Å². The van der Waals surface area contributed by atoms with Crippen molar-refractivity contribution in [1.29, 1.82) is 0 Å². The molecule has 1 aromatic rings. The minimum absolute atomic E-state index is 0.382. The second kappa shape index (κ2) is 5.83. The number of hydrogen-bond acceptors (Lipinski definition) is 3. The summed E-state index contributed by atoms with van der Waals surface area (Å²) in [5.41, 5.74) is 0. The van der Waals surface area contributed by atoms with E-state index in [0.717, 1.165) is 31.3 Å². The first-order chi connectivity index (χ1) is 8.20. The number of aromatic nitrogens is 3. The number of likely N-dealkylation sites (tertiary alicyclic amines) is 1. The van der Waals surface area contributed by atoms with Gasteiger partial charge in [0.1, 0.15) is 12.2 Å². The summed E-state index contributed by atoms with van der Waals surface area (Å²) in [6.45, 7) is 7.44. The van der Waals surface area contributed by atoms with Crippen LogP contribution >= 0.6 is 11.6 Å². The Bertz CT molecular complexity index is 342. The van der Waals surface area contributed by atoms with E-state index < -0.39 is 0 Å². The topological polar surface area (TPSA) is 34.0 Å². The highest BCUT2D eigenvalue weighted by Crippen LogP contribution is 2.19. The van der Waals surface area contributed by atoms with Crippen LogP contribution in [0.15, 0.2) is 6.33 Å². The molecule has 0 radical (unpaired) electrons. The third-order valence-corrected chi connectivity index (χ3v) is 3.86. The Morgan fingerprint density at radius 3 is 2.71 bits per heavy atom. The van der Waals surface area contributed by atoms with Crippen molar-refractivity contribution < 1.29 is 0 Å². The van der Waals surface area contributed by atoms with Crippen LogP contribution in [-0.2, 0) is 6.54 Å². The van der Waals surface area contributed by atoms with E-state index in [1.54, 1.807) is 6.33 Å². The van der Waals surface area contributed by atoms with Gasteiger partial charge >= 0.3 is 0 Å². The van der Waals surface area contributed by atoms with Crippen LogP contribution in [0.2, 0.25) is 0 Å². The van der Waals surface area contributed by atoms with Crippen LogP contribution < -0.4 is 0 Å². The smallest absolute Gasteiger partial charge is 0.141 e. The Labute approximate surface area is 108 Å². The Balaban J connectivity index is 1.91. The van der Waals surface area contributed by atoms with Crippen molar-refractivity contribution in [2.24, 2.45) is 5.92 Å². The molecule has 1 aromatic heterocycles. The zero-order valence-electron chi connectivity index (χ0n) is 10.6. The van der Waals surface area contributed by atoms with Crippen LogP contribution in [0.1, 0.15) is 38.6 Å². The van der Waals surface area contributed by atoms with Crippen LogP contribution in [-0.4, -0.2) is 38.6 Å². The largest absolute Gasteiger partial charge is 0.296 e. The average Bonchev–Trinajstić information content (AvgIpc) is 2.78. The standard InChI is InChI=1S/C12H21ClN4/c1-10(2)17-12(14-9-15-17)8-16-5-3-11(7-13)4-6-16/h9-11H,3-8H2,1-2H3. The van der Waals surface area contributed by atoms with Crippen LogP contribution in [0, 0.1) is 5.92 Å². The minimum Gasteiger partial charge on any atom is -0.296 e. The van der Waals surface area contributed by atoms with Crippen LogP contribution in [0.25, 0.3) is 0 Å². The predicted molar refractivity (Wildman–Crippen MR) is 69.1 cm³/mol. The predicted octanol–water partition coefficient (Wildman–Crippen LogP) is 2.31. The third kappa shape index (κ3) is 3.19. The second-order valence-corrected chi connectivity index (χ2v) is 5.40. The fraction of sp³-hybridized carbons (Fsp3) is 0.833. The Hall–Kier alpha value is -0.610. The molecular formula is C12H21ClN4. The SMILES string of the molecule is CC(C)n1ncnc1CN1CCC(CCl)CC1. The maximum Gasteiger partial charge on any atom is 0.141 e. The molecule has 1 aliphatic rings. The van der Waals surface area contributed by atoms with Gasteiger partial charge in [-0.1, -0.05) is 0 Å². The lowest BCUT2D eigenvalue weighted by Gasteiger charge is -2.30. The summed E-state index contributed by atoms with van der Waals surface area (Å²) >= 11 is 5.89. The molecule has 0 aliphatic carbocycles. The molecule has 0 bridgehead atoms. The number of rotatable bonds is 4. The van der Waals surface area contributed by atoms with Crippen molar-refractivity contribution in [3.63, 3.8) is 0 Å². The molecule has 0 unspecified atom stereocenters. The first-order valence-corrected chi connectivity index (χ1v) is 6.91. The lowest BCUT2D eigenvalue weighted by molar-refractivity contribution is 0.179. The summed E-state index contributed by atoms with van der Waals surface area (Å²) in [4.78, 5) is 6.81. The Morgan fingerprint density at radius 1 is 1.41 bits per heavy atom. The molecule has 0 amide bonds. The molecule has 96 valence electrons. The molecule has 5 heteroatoms. The zero-order valence-corrected chi connectivity index (χ0v) is 11.4. The molecule has 2 rings (SSSR count). The molecule has 2 heterocycles. The first kappa shape index (κ1) is 12.8. The van der Waals surface area contributed by atoms with Gasteiger partial charge in [-0.05, 0) is 45.7 Å². The van der Waals surface area contributed by atoms with Gasteiger partial charge in [0.15, 0.2) is 0 Å². The number of nitrogens with zero attached hydrogens (tertiary/aromatic N) is 4. The third-order valence-electron chi connectivity index (χ3n) is 3.43. The van der Waals surface area contributed by atoms with E-state index in [-0.39, 0.29) is 0 Å². The molecule has 0 saturated carbocycles. The molecule has 4 nitrogen and oxygen atoms in total. The Morgan fingerprint density at radius 2 is 2.12 bits per heavy atom. The van der Waals surface area contributed by atoms with Gasteiger partial charge < -0.3 is 0 Å². The van der Waals surface area contributed by atoms with Crippen molar-refractivity contribution in [2.75, 3.05) is 19.0 Å². The molecule has 1 saturated heterocycles. The van der Waals surface area contributed by atoms with Crippen molar-refractivity contribution in [2.45, 2.75) is 39.3 Å². The lowest BCUT2D eigenvalue weighted by Crippen LogP contribution is -2.34. The fourth-order valence-electron chi connectivity index (χ4n) is 2.32. The van der Waals surface area contributed by atoms with Crippen molar-refractivity contribution in [3.05, 3.63) is 12.2 Å². The summed E-state index contributed by atoms with van der Waals surface area (Å²) in [5.74, 6) is 2.58. The van der Waals surface area contributed by atoms with Crippen LogP contribution in [0.4, 0.5) is 0 Å². The van der Waals surface area contributed by atoms with Gasteiger partial charge in [-0.3, -0.25) is 4.90 Å². The van der Waals surface area contributed by atoms with Gasteiger partial charge in [-0.2, -0.15) is 5.10 Å². The van der Waals surface area contributed by atoms with Gasteiger partial charge in [0.2, 0.25) is 0 Å². The average molecular weight is 257 g/mol. The molecule has 17 heavy (non-hydrogen) atoms.